The molecule has 2 atom stereocenters. The first kappa shape index (κ1) is 14.3. The minimum absolute atomic E-state index is 0.190. The third kappa shape index (κ3) is 3.07. The van der Waals surface area contributed by atoms with Crippen molar-refractivity contribution >= 4 is 11.9 Å². The van der Waals surface area contributed by atoms with Crippen LogP contribution in [0, 0.1) is 11.8 Å². The molecule has 1 saturated carbocycles. The minimum atomic E-state index is -1.23. The Balaban J connectivity index is 0.000000157. The second-order valence-electron chi connectivity index (χ2n) is 5.34. The van der Waals surface area contributed by atoms with Crippen LogP contribution in [0.3, 0.4) is 0 Å². The van der Waals surface area contributed by atoms with Crippen LogP contribution < -0.4 is 0 Å². The van der Waals surface area contributed by atoms with Crippen LogP contribution in [0.1, 0.15) is 46.9 Å². The number of fused-ring (bicyclic) bond motifs is 2. The number of carbonyl (C=O) groups is 2. The molecule has 0 amide bonds. The fraction of sp³-hybridized carbons (Fsp3) is 0.375. The van der Waals surface area contributed by atoms with E-state index in [1.807, 2.05) is 0 Å². The molecule has 3 rings (SSSR count). The molecule has 4 heteroatoms. The summed E-state index contributed by atoms with van der Waals surface area (Å²) in [5, 5.41) is 17.1. The molecule has 0 saturated heterocycles. The molecule has 2 bridgehead atoms. The van der Waals surface area contributed by atoms with E-state index in [0.29, 0.717) is 0 Å². The van der Waals surface area contributed by atoms with E-state index < -0.39 is 11.9 Å². The van der Waals surface area contributed by atoms with Gasteiger partial charge in [0.15, 0.2) is 0 Å². The van der Waals surface area contributed by atoms with Gasteiger partial charge < -0.3 is 10.2 Å². The third-order valence-corrected chi connectivity index (χ3v) is 4.00. The van der Waals surface area contributed by atoms with E-state index in [1.54, 1.807) is 5.57 Å². The van der Waals surface area contributed by atoms with Gasteiger partial charge in [0.25, 0.3) is 0 Å². The first-order valence-corrected chi connectivity index (χ1v) is 6.73. The average Bonchev–Trinajstić information content (AvgIpc) is 3.01. The van der Waals surface area contributed by atoms with Gasteiger partial charge in [-0.3, -0.25) is 0 Å². The lowest BCUT2D eigenvalue weighted by Crippen LogP contribution is -2.06. The fourth-order valence-electron chi connectivity index (χ4n) is 2.95. The molecule has 4 nitrogen and oxygen atoms in total. The highest BCUT2D eigenvalue weighted by atomic mass is 16.4. The van der Waals surface area contributed by atoms with E-state index in [-0.39, 0.29) is 11.1 Å². The van der Waals surface area contributed by atoms with Crippen LogP contribution >= 0.6 is 0 Å². The van der Waals surface area contributed by atoms with Gasteiger partial charge >= 0.3 is 11.9 Å². The van der Waals surface area contributed by atoms with Crippen molar-refractivity contribution in [2.45, 2.75) is 26.2 Å². The summed E-state index contributed by atoms with van der Waals surface area (Å²) in [5.41, 5.74) is 1.29. The normalized spacial score (nSPS) is 22.8. The smallest absolute Gasteiger partial charge is 0.336 e. The fourth-order valence-corrected chi connectivity index (χ4v) is 2.95. The van der Waals surface area contributed by atoms with Crippen molar-refractivity contribution < 1.29 is 19.8 Å². The molecular weight excluding hydrogens is 256 g/mol. The number of benzene rings is 1. The van der Waals surface area contributed by atoms with Gasteiger partial charge in [0.05, 0.1) is 11.1 Å². The molecular formula is C16H18O4. The summed E-state index contributed by atoms with van der Waals surface area (Å²) in [6, 6.07) is 5.48. The monoisotopic (exact) mass is 274 g/mol. The quantitative estimate of drug-likeness (QED) is 0.810. The molecule has 0 spiro atoms. The molecule has 0 aromatic heterocycles. The van der Waals surface area contributed by atoms with Gasteiger partial charge in [-0.25, -0.2) is 9.59 Å². The average molecular weight is 274 g/mol. The summed E-state index contributed by atoms with van der Waals surface area (Å²) < 4.78 is 0. The molecule has 1 aromatic carbocycles. The number of rotatable bonds is 2. The standard InChI is InChI=1S/C8H6O4.C8H12/c9-7(10)5-3-1-2-4-6(5)8(11)12;1-6-4-7-2-3-8(6)5-7/h1-4H,(H,9,10)(H,11,12);4,7-8H,2-3,5H2,1H3. The van der Waals surface area contributed by atoms with E-state index in [2.05, 4.69) is 13.0 Å². The minimum Gasteiger partial charge on any atom is -0.478 e. The molecule has 106 valence electrons. The van der Waals surface area contributed by atoms with Crippen molar-refractivity contribution in [3.05, 3.63) is 47.0 Å². The SMILES string of the molecule is CC1=CC2CCC1C2.O=C(O)c1ccccc1C(=O)O. The predicted octanol–water partition coefficient (Wildman–Crippen LogP) is 3.45. The topological polar surface area (TPSA) is 74.6 Å². The summed E-state index contributed by atoms with van der Waals surface area (Å²) in [6.07, 6.45) is 6.90. The van der Waals surface area contributed by atoms with Crippen molar-refractivity contribution in [1.29, 1.82) is 0 Å². The second kappa shape index (κ2) is 5.90. The van der Waals surface area contributed by atoms with Crippen LogP contribution in [-0.4, -0.2) is 22.2 Å². The summed E-state index contributed by atoms with van der Waals surface area (Å²) >= 11 is 0. The number of aromatic carboxylic acids is 2. The third-order valence-electron chi connectivity index (χ3n) is 4.00. The highest BCUT2D eigenvalue weighted by molar-refractivity contribution is 6.01. The molecule has 0 aliphatic heterocycles. The highest BCUT2D eigenvalue weighted by Gasteiger charge is 2.29. The van der Waals surface area contributed by atoms with Gasteiger partial charge in [0.1, 0.15) is 0 Å². The van der Waals surface area contributed by atoms with Crippen LogP contribution in [0.5, 0.6) is 0 Å². The summed E-state index contributed by atoms with van der Waals surface area (Å²) in [5.74, 6) is -0.471. The number of carboxylic acid groups (broad SMARTS) is 2. The Morgan fingerprint density at radius 3 is 1.85 bits per heavy atom. The predicted molar refractivity (Wildman–Crippen MR) is 74.9 cm³/mol. The Morgan fingerprint density at radius 1 is 1.05 bits per heavy atom. The Labute approximate surface area is 117 Å². The van der Waals surface area contributed by atoms with E-state index in [1.165, 1.54) is 43.5 Å². The number of hydrogen-bond donors (Lipinski definition) is 2. The number of carboxylic acids is 2. The molecule has 2 aliphatic carbocycles. The summed E-state index contributed by atoms with van der Waals surface area (Å²) in [6.45, 7) is 2.28. The van der Waals surface area contributed by atoms with Crippen LogP contribution in [0.4, 0.5) is 0 Å². The zero-order chi connectivity index (χ0) is 14.7. The Morgan fingerprint density at radius 2 is 1.60 bits per heavy atom. The number of hydrogen-bond acceptors (Lipinski definition) is 2. The van der Waals surface area contributed by atoms with Gasteiger partial charge in [0, 0.05) is 0 Å². The van der Waals surface area contributed by atoms with Crippen molar-refractivity contribution in [2.24, 2.45) is 11.8 Å². The van der Waals surface area contributed by atoms with Crippen LogP contribution in [-0.2, 0) is 0 Å². The molecule has 0 radical (unpaired) electrons. The lowest BCUT2D eigenvalue weighted by Gasteiger charge is -2.05. The van der Waals surface area contributed by atoms with Gasteiger partial charge in [-0.15, -0.1) is 0 Å². The molecule has 2 aliphatic rings. The molecule has 2 unspecified atom stereocenters. The Kier molecular flexibility index (Phi) is 4.23. The molecule has 1 fully saturated rings. The van der Waals surface area contributed by atoms with Gasteiger partial charge in [0.2, 0.25) is 0 Å². The molecule has 0 heterocycles. The van der Waals surface area contributed by atoms with Crippen molar-refractivity contribution in [3.63, 3.8) is 0 Å². The molecule has 1 aromatic rings. The van der Waals surface area contributed by atoms with Crippen molar-refractivity contribution in [3.8, 4) is 0 Å². The van der Waals surface area contributed by atoms with Gasteiger partial charge in [-0.1, -0.05) is 23.8 Å². The van der Waals surface area contributed by atoms with E-state index in [4.69, 9.17) is 10.2 Å². The summed E-state index contributed by atoms with van der Waals surface area (Å²) in [4.78, 5) is 20.9. The van der Waals surface area contributed by atoms with Crippen LogP contribution in [0.25, 0.3) is 0 Å². The zero-order valence-electron chi connectivity index (χ0n) is 11.4. The zero-order valence-corrected chi connectivity index (χ0v) is 11.4. The van der Waals surface area contributed by atoms with Crippen molar-refractivity contribution in [2.75, 3.05) is 0 Å². The van der Waals surface area contributed by atoms with E-state index in [0.717, 1.165) is 11.8 Å². The maximum absolute atomic E-state index is 10.5. The maximum Gasteiger partial charge on any atom is 0.336 e. The largest absolute Gasteiger partial charge is 0.478 e. The lowest BCUT2D eigenvalue weighted by molar-refractivity contribution is 0.0651. The van der Waals surface area contributed by atoms with Gasteiger partial charge in [-0.05, 0) is 50.2 Å². The Hall–Kier alpha value is -2.10. The van der Waals surface area contributed by atoms with Crippen molar-refractivity contribution in [1.82, 2.24) is 0 Å². The van der Waals surface area contributed by atoms with E-state index >= 15 is 0 Å². The first-order valence-electron chi connectivity index (χ1n) is 6.73. The summed E-state index contributed by atoms with van der Waals surface area (Å²) in [7, 11) is 0. The number of allylic oxidation sites excluding steroid dienone is 2. The lowest BCUT2D eigenvalue weighted by atomic mass is 10.0. The van der Waals surface area contributed by atoms with Crippen LogP contribution in [0.15, 0.2) is 35.9 Å². The second-order valence-corrected chi connectivity index (χ2v) is 5.34. The van der Waals surface area contributed by atoms with E-state index in [9.17, 15) is 9.59 Å². The molecule has 2 N–H and O–H groups in total. The highest BCUT2D eigenvalue weighted by Crippen LogP contribution is 2.43. The van der Waals surface area contributed by atoms with Crippen LogP contribution in [0.2, 0.25) is 0 Å². The molecule has 20 heavy (non-hydrogen) atoms. The Bertz CT molecular complexity index is 526. The first-order chi connectivity index (χ1) is 9.49. The van der Waals surface area contributed by atoms with Gasteiger partial charge in [-0.2, -0.15) is 0 Å². The maximum atomic E-state index is 10.5.